The SMILES string of the molecule is CN(C)c1ccc(/C=C2\SC(=Nc3ccccc3C(F)(F)F)NC2=O)cc1. The summed E-state index contributed by atoms with van der Waals surface area (Å²) in [6.45, 7) is 0. The molecular weight excluding hydrogens is 375 g/mol. The molecule has 8 heteroatoms. The van der Waals surface area contributed by atoms with E-state index in [0.29, 0.717) is 4.91 Å². The van der Waals surface area contributed by atoms with Crippen LogP contribution in [0, 0.1) is 0 Å². The second-order valence-corrected chi connectivity index (χ2v) is 7.01. The highest BCUT2D eigenvalue weighted by Crippen LogP contribution is 2.37. The number of halogens is 3. The van der Waals surface area contributed by atoms with Crippen LogP contribution in [-0.2, 0) is 11.0 Å². The molecule has 1 aliphatic heterocycles. The third-order valence-corrected chi connectivity index (χ3v) is 4.70. The molecule has 0 atom stereocenters. The summed E-state index contributed by atoms with van der Waals surface area (Å²) in [6.07, 6.45) is -2.83. The second kappa shape index (κ2) is 7.48. The Morgan fingerprint density at radius 1 is 1.07 bits per heavy atom. The minimum Gasteiger partial charge on any atom is -0.378 e. The van der Waals surface area contributed by atoms with Gasteiger partial charge >= 0.3 is 6.18 Å². The molecule has 27 heavy (non-hydrogen) atoms. The lowest BCUT2D eigenvalue weighted by atomic mass is 10.2. The monoisotopic (exact) mass is 391 g/mol. The number of aliphatic imine (C=N–C) groups is 1. The van der Waals surface area contributed by atoms with Crippen molar-refractivity contribution in [1.29, 1.82) is 0 Å². The van der Waals surface area contributed by atoms with Gasteiger partial charge in [0.2, 0.25) is 0 Å². The number of hydrogen-bond acceptors (Lipinski definition) is 4. The molecule has 0 unspecified atom stereocenters. The van der Waals surface area contributed by atoms with Gasteiger partial charge in [0.25, 0.3) is 5.91 Å². The smallest absolute Gasteiger partial charge is 0.378 e. The molecule has 2 aromatic carbocycles. The summed E-state index contributed by atoms with van der Waals surface area (Å²) in [6, 6.07) is 12.6. The van der Waals surface area contributed by atoms with Crippen molar-refractivity contribution in [2.75, 3.05) is 19.0 Å². The summed E-state index contributed by atoms with van der Waals surface area (Å²) >= 11 is 1.01. The van der Waals surface area contributed by atoms with Gasteiger partial charge in [0.15, 0.2) is 5.17 Å². The largest absolute Gasteiger partial charge is 0.418 e. The van der Waals surface area contributed by atoms with Crippen molar-refractivity contribution < 1.29 is 18.0 Å². The Morgan fingerprint density at radius 3 is 2.37 bits per heavy atom. The van der Waals surface area contributed by atoms with Crippen molar-refractivity contribution in [2.24, 2.45) is 4.99 Å². The molecule has 1 N–H and O–H groups in total. The molecular formula is C19H16F3N3OS. The Balaban J connectivity index is 1.85. The number of amidine groups is 1. The van der Waals surface area contributed by atoms with Crippen LogP contribution < -0.4 is 10.2 Å². The molecule has 3 rings (SSSR count). The van der Waals surface area contributed by atoms with Crippen LogP contribution in [0.1, 0.15) is 11.1 Å². The van der Waals surface area contributed by atoms with E-state index in [2.05, 4.69) is 10.3 Å². The molecule has 0 radical (unpaired) electrons. The molecule has 1 fully saturated rings. The number of anilines is 1. The fraction of sp³-hybridized carbons (Fsp3) is 0.158. The lowest BCUT2D eigenvalue weighted by molar-refractivity contribution is -0.137. The number of benzene rings is 2. The summed E-state index contributed by atoms with van der Waals surface area (Å²) < 4.78 is 39.2. The Labute approximate surface area is 158 Å². The summed E-state index contributed by atoms with van der Waals surface area (Å²) in [4.78, 5) is 18.4. The zero-order valence-corrected chi connectivity index (χ0v) is 15.4. The topological polar surface area (TPSA) is 44.7 Å². The van der Waals surface area contributed by atoms with Gasteiger partial charge in [0.05, 0.1) is 16.2 Å². The molecule has 1 heterocycles. The van der Waals surface area contributed by atoms with Crippen molar-refractivity contribution in [3.63, 3.8) is 0 Å². The summed E-state index contributed by atoms with van der Waals surface area (Å²) in [7, 11) is 3.85. The number of nitrogens with zero attached hydrogens (tertiary/aromatic N) is 2. The van der Waals surface area contributed by atoms with Crippen LogP contribution in [0.15, 0.2) is 58.4 Å². The van der Waals surface area contributed by atoms with Gasteiger partial charge in [-0.15, -0.1) is 0 Å². The first-order valence-electron chi connectivity index (χ1n) is 7.97. The number of alkyl halides is 3. The number of carbonyl (C=O) groups excluding carboxylic acids is 1. The Morgan fingerprint density at radius 2 is 1.74 bits per heavy atom. The van der Waals surface area contributed by atoms with Crippen LogP contribution in [0.3, 0.4) is 0 Å². The number of amides is 1. The standard InChI is InChI=1S/C19H16F3N3OS/c1-25(2)13-9-7-12(8-10-13)11-16-17(26)24-18(27-16)23-15-6-4-3-5-14(15)19(20,21)22/h3-11H,1-2H3,(H,23,24,26)/b16-11-. The number of rotatable bonds is 3. The summed E-state index contributed by atoms with van der Waals surface area (Å²) in [5.74, 6) is -0.389. The molecule has 1 saturated heterocycles. The van der Waals surface area contributed by atoms with Crippen molar-refractivity contribution in [3.8, 4) is 0 Å². The van der Waals surface area contributed by atoms with Gasteiger partial charge in [-0.05, 0) is 47.7 Å². The summed E-state index contributed by atoms with van der Waals surface area (Å²) in [5, 5.41) is 2.63. The number of thioether (sulfide) groups is 1. The van der Waals surface area contributed by atoms with Crippen LogP contribution in [0.2, 0.25) is 0 Å². The molecule has 0 spiro atoms. The van der Waals surface area contributed by atoms with E-state index in [1.54, 1.807) is 6.08 Å². The number of carbonyl (C=O) groups is 1. The first kappa shape index (κ1) is 19.0. The average molecular weight is 391 g/mol. The normalized spacial score (nSPS) is 17.4. The molecule has 1 aliphatic rings. The minimum atomic E-state index is -4.51. The fourth-order valence-electron chi connectivity index (χ4n) is 2.42. The van der Waals surface area contributed by atoms with E-state index in [9.17, 15) is 18.0 Å². The molecule has 140 valence electrons. The maximum Gasteiger partial charge on any atom is 0.418 e. The summed E-state index contributed by atoms with van der Waals surface area (Å²) in [5.41, 5.74) is 0.760. The van der Waals surface area contributed by atoms with E-state index in [1.165, 1.54) is 18.2 Å². The molecule has 4 nitrogen and oxygen atoms in total. The van der Waals surface area contributed by atoms with Gasteiger partial charge in [0.1, 0.15) is 0 Å². The van der Waals surface area contributed by atoms with Gasteiger partial charge in [-0.25, -0.2) is 4.99 Å². The van der Waals surface area contributed by atoms with E-state index < -0.39 is 11.7 Å². The average Bonchev–Trinajstić information content (AvgIpc) is 2.94. The number of nitrogens with one attached hydrogen (secondary N) is 1. The predicted octanol–water partition coefficient (Wildman–Crippen LogP) is 4.66. The van der Waals surface area contributed by atoms with Gasteiger partial charge in [-0.2, -0.15) is 13.2 Å². The highest BCUT2D eigenvalue weighted by Gasteiger charge is 2.34. The van der Waals surface area contributed by atoms with Crippen molar-refractivity contribution >= 4 is 40.3 Å². The Bertz CT molecular complexity index is 919. The minimum absolute atomic E-state index is 0.118. The zero-order valence-electron chi connectivity index (χ0n) is 14.5. The first-order chi connectivity index (χ1) is 12.7. The van der Waals surface area contributed by atoms with Crippen LogP contribution >= 0.6 is 11.8 Å². The quantitative estimate of drug-likeness (QED) is 0.774. The molecule has 0 aromatic heterocycles. The van der Waals surface area contributed by atoms with E-state index >= 15 is 0 Å². The zero-order chi connectivity index (χ0) is 19.6. The van der Waals surface area contributed by atoms with Crippen molar-refractivity contribution in [2.45, 2.75) is 6.18 Å². The van der Waals surface area contributed by atoms with Crippen molar-refractivity contribution in [1.82, 2.24) is 5.32 Å². The molecule has 0 bridgehead atoms. The molecule has 1 amide bonds. The maximum atomic E-state index is 13.1. The third-order valence-electron chi connectivity index (χ3n) is 3.79. The van der Waals surface area contributed by atoms with Gasteiger partial charge in [0, 0.05) is 19.8 Å². The van der Waals surface area contributed by atoms with Crippen LogP contribution in [-0.4, -0.2) is 25.2 Å². The highest BCUT2D eigenvalue weighted by atomic mass is 32.2. The predicted molar refractivity (Wildman–Crippen MR) is 103 cm³/mol. The second-order valence-electron chi connectivity index (χ2n) is 5.98. The van der Waals surface area contributed by atoms with E-state index in [1.807, 2.05) is 43.3 Å². The van der Waals surface area contributed by atoms with Gasteiger partial charge < -0.3 is 10.2 Å². The van der Waals surface area contributed by atoms with E-state index in [0.717, 1.165) is 29.1 Å². The van der Waals surface area contributed by atoms with Crippen LogP contribution in [0.25, 0.3) is 6.08 Å². The van der Waals surface area contributed by atoms with Crippen LogP contribution in [0.5, 0.6) is 0 Å². The first-order valence-corrected chi connectivity index (χ1v) is 8.79. The highest BCUT2D eigenvalue weighted by molar-refractivity contribution is 8.18. The fourth-order valence-corrected chi connectivity index (χ4v) is 3.26. The Hall–Kier alpha value is -2.74. The number of hydrogen-bond donors (Lipinski definition) is 1. The Kier molecular flexibility index (Phi) is 5.27. The van der Waals surface area contributed by atoms with E-state index in [-0.39, 0.29) is 16.8 Å². The molecule has 0 aliphatic carbocycles. The van der Waals surface area contributed by atoms with Gasteiger partial charge in [-0.3, -0.25) is 4.79 Å². The van der Waals surface area contributed by atoms with Gasteiger partial charge in [-0.1, -0.05) is 24.3 Å². The van der Waals surface area contributed by atoms with Crippen LogP contribution in [0.4, 0.5) is 24.5 Å². The molecule has 2 aromatic rings. The molecule has 0 saturated carbocycles. The lowest BCUT2D eigenvalue weighted by Gasteiger charge is -2.11. The van der Waals surface area contributed by atoms with E-state index in [4.69, 9.17) is 0 Å². The third kappa shape index (κ3) is 4.51. The number of para-hydroxylation sites is 1. The lowest BCUT2D eigenvalue weighted by Crippen LogP contribution is -2.19. The van der Waals surface area contributed by atoms with Crippen molar-refractivity contribution in [3.05, 3.63) is 64.6 Å². The maximum absolute atomic E-state index is 13.1.